The van der Waals surface area contributed by atoms with E-state index in [0.29, 0.717) is 13.1 Å². The summed E-state index contributed by atoms with van der Waals surface area (Å²) in [6.07, 6.45) is 2.61. The number of rotatable bonds is 4. The Hall–Kier alpha value is -1.63. The average molecular weight is 338 g/mol. The fourth-order valence-corrected chi connectivity index (χ4v) is 3.47. The van der Waals surface area contributed by atoms with Crippen LogP contribution in [-0.2, 0) is 10.3 Å². The van der Waals surface area contributed by atoms with Crippen molar-refractivity contribution in [3.8, 4) is 0 Å². The molecule has 128 valence electrons. The summed E-state index contributed by atoms with van der Waals surface area (Å²) in [5.41, 5.74) is -0.519. The molecule has 3 amide bonds. The van der Waals surface area contributed by atoms with Crippen LogP contribution in [0.15, 0.2) is 6.20 Å². The van der Waals surface area contributed by atoms with Gasteiger partial charge >= 0.3 is 6.03 Å². The molecule has 1 aromatic heterocycles. The summed E-state index contributed by atoms with van der Waals surface area (Å²) in [5.74, 6) is 0.142. The number of aryl methyl sites for hydroxylation is 1. The Kier molecular flexibility index (Phi) is 5.29. The van der Waals surface area contributed by atoms with Crippen LogP contribution in [0, 0.1) is 12.8 Å². The number of carbonyl (C=O) groups excluding carboxylic acids is 2. The SMILES string of the molecule is Cc1cnc(C(C)(C)NC(=O)N[C@@H]2CCN(C(=O)C(C)C)C2)s1. The van der Waals surface area contributed by atoms with Crippen LogP contribution >= 0.6 is 11.3 Å². The summed E-state index contributed by atoms with van der Waals surface area (Å²) in [6, 6.07) is -0.210. The highest BCUT2D eigenvalue weighted by Gasteiger charge is 2.31. The molecule has 1 aromatic rings. The number of aromatic nitrogens is 1. The van der Waals surface area contributed by atoms with Gasteiger partial charge in [-0.15, -0.1) is 11.3 Å². The molecule has 1 fully saturated rings. The average Bonchev–Trinajstić information content (AvgIpc) is 3.06. The quantitative estimate of drug-likeness (QED) is 0.884. The maximum absolute atomic E-state index is 12.3. The van der Waals surface area contributed by atoms with Crippen LogP contribution < -0.4 is 10.6 Å². The van der Waals surface area contributed by atoms with Crippen molar-refractivity contribution in [1.82, 2.24) is 20.5 Å². The maximum Gasteiger partial charge on any atom is 0.315 e. The topological polar surface area (TPSA) is 74.3 Å². The van der Waals surface area contributed by atoms with Gasteiger partial charge in [0.2, 0.25) is 5.91 Å². The number of thiazole rings is 1. The second-order valence-electron chi connectivity index (χ2n) is 6.92. The molecule has 0 aliphatic carbocycles. The number of urea groups is 1. The molecule has 0 aromatic carbocycles. The van der Waals surface area contributed by atoms with Gasteiger partial charge in [-0.3, -0.25) is 4.79 Å². The first-order valence-corrected chi connectivity index (χ1v) is 8.81. The lowest BCUT2D eigenvalue weighted by molar-refractivity contribution is -0.133. The Morgan fingerprint density at radius 2 is 2.13 bits per heavy atom. The van der Waals surface area contributed by atoms with E-state index in [1.54, 1.807) is 11.3 Å². The molecule has 0 spiro atoms. The van der Waals surface area contributed by atoms with E-state index in [-0.39, 0.29) is 23.9 Å². The zero-order valence-corrected chi connectivity index (χ0v) is 15.3. The van der Waals surface area contributed by atoms with Crippen molar-refractivity contribution in [3.63, 3.8) is 0 Å². The molecule has 0 saturated carbocycles. The monoisotopic (exact) mass is 338 g/mol. The largest absolute Gasteiger partial charge is 0.340 e. The second-order valence-corrected chi connectivity index (χ2v) is 8.16. The fourth-order valence-electron chi connectivity index (χ4n) is 2.65. The molecular weight excluding hydrogens is 312 g/mol. The molecule has 1 aliphatic rings. The third kappa shape index (κ3) is 4.43. The summed E-state index contributed by atoms with van der Waals surface area (Å²) < 4.78 is 0. The predicted molar refractivity (Wildman–Crippen MR) is 91.4 cm³/mol. The lowest BCUT2D eigenvalue weighted by Gasteiger charge is -2.25. The highest BCUT2D eigenvalue weighted by atomic mass is 32.1. The van der Waals surface area contributed by atoms with Gasteiger partial charge in [-0.25, -0.2) is 9.78 Å². The van der Waals surface area contributed by atoms with Crippen molar-refractivity contribution in [2.45, 2.75) is 52.6 Å². The Balaban J connectivity index is 1.87. The number of likely N-dealkylation sites (tertiary alicyclic amines) is 1. The predicted octanol–water partition coefficient (Wildman–Crippen LogP) is 2.24. The van der Waals surface area contributed by atoms with E-state index in [1.165, 1.54) is 0 Å². The van der Waals surface area contributed by atoms with E-state index in [9.17, 15) is 9.59 Å². The lowest BCUT2D eigenvalue weighted by atomic mass is 10.1. The maximum atomic E-state index is 12.3. The Morgan fingerprint density at radius 3 is 2.70 bits per heavy atom. The number of nitrogens with zero attached hydrogens (tertiary/aromatic N) is 2. The van der Waals surface area contributed by atoms with Gasteiger partial charge in [0, 0.05) is 36.1 Å². The molecular formula is C16H26N4O2S. The van der Waals surface area contributed by atoms with Crippen LogP contribution in [0.4, 0.5) is 4.79 Å². The number of hydrogen-bond donors (Lipinski definition) is 2. The van der Waals surface area contributed by atoms with Gasteiger partial charge in [0.1, 0.15) is 5.01 Å². The Labute approximate surface area is 141 Å². The van der Waals surface area contributed by atoms with E-state index in [2.05, 4.69) is 15.6 Å². The number of nitrogens with one attached hydrogen (secondary N) is 2. The molecule has 0 bridgehead atoms. The first kappa shape index (κ1) is 17.7. The first-order valence-electron chi connectivity index (χ1n) is 7.99. The van der Waals surface area contributed by atoms with Gasteiger partial charge in [-0.1, -0.05) is 13.8 Å². The third-order valence-electron chi connectivity index (χ3n) is 3.91. The van der Waals surface area contributed by atoms with Gasteiger partial charge in [-0.05, 0) is 27.2 Å². The van der Waals surface area contributed by atoms with Crippen molar-refractivity contribution in [3.05, 3.63) is 16.1 Å². The van der Waals surface area contributed by atoms with Crippen LogP contribution in [0.2, 0.25) is 0 Å². The van der Waals surface area contributed by atoms with E-state index in [1.807, 2.05) is 45.7 Å². The van der Waals surface area contributed by atoms with E-state index < -0.39 is 5.54 Å². The highest BCUT2D eigenvalue weighted by Crippen LogP contribution is 2.24. The molecule has 1 saturated heterocycles. The normalized spacial score (nSPS) is 18.3. The van der Waals surface area contributed by atoms with Crippen molar-refractivity contribution in [2.75, 3.05) is 13.1 Å². The van der Waals surface area contributed by atoms with Gasteiger partial charge in [0.25, 0.3) is 0 Å². The van der Waals surface area contributed by atoms with Gasteiger partial charge < -0.3 is 15.5 Å². The minimum atomic E-state index is -0.519. The lowest BCUT2D eigenvalue weighted by Crippen LogP contribution is -2.50. The van der Waals surface area contributed by atoms with Crippen molar-refractivity contribution >= 4 is 23.3 Å². The summed E-state index contributed by atoms with van der Waals surface area (Å²) in [5, 5.41) is 6.82. The zero-order valence-electron chi connectivity index (χ0n) is 14.5. The standard InChI is InChI=1S/C16H26N4O2S/c1-10(2)13(21)20-7-6-12(9-20)18-15(22)19-16(4,5)14-17-8-11(3)23-14/h8,10,12H,6-7,9H2,1-5H3,(H2,18,19,22)/t12-/m1/s1. The summed E-state index contributed by atoms with van der Waals surface area (Å²) in [4.78, 5) is 31.5. The summed E-state index contributed by atoms with van der Waals surface area (Å²) in [7, 11) is 0. The second kappa shape index (κ2) is 6.86. The minimum absolute atomic E-state index is 0.00495. The third-order valence-corrected chi connectivity index (χ3v) is 5.15. The smallest absolute Gasteiger partial charge is 0.315 e. The highest BCUT2D eigenvalue weighted by molar-refractivity contribution is 7.11. The van der Waals surface area contributed by atoms with Crippen molar-refractivity contribution < 1.29 is 9.59 Å². The number of amides is 3. The zero-order chi connectivity index (χ0) is 17.2. The molecule has 0 unspecified atom stereocenters. The van der Waals surface area contributed by atoms with Crippen LogP contribution in [-0.4, -0.2) is 41.0 Å². The number of hydrogen-bond acceptors (Lipinski definition) is 4. The molecule has 2 rings (SSSR count). The molecule has 2 N–H and O–H groups in total. The fraction of sp³-hybridized carbons (Fsp3) is 0.688. The van der Waals surface area contributed by atoms with Crippen LogP contribution in [0.1, 0.15) is 44.0 Å². The molecule has 6 nitrogen and oxygen atoms in total. The molecule has 7 heteroatoms. The van der Waals surface area contributed by atoms with Crippen LogP contribution in [0.5, 0.6) is 0 Å². The van der Waals surface area contributed by atoms with E-state index >= 15 is 0 Å². The molecule has 1 aliphatic heterocycles. The van der Waals surface area contributed by atoms with Gasteiger partial charge in [0.15, 0.2) is 0 Å². The van der Waals surface area contributed by atoms with Gasteiger partial charge in [0.05, 0.1) is 5.54 Å². The van der Waals surface area contributed by atoms with Crippen molar-refractivity contribution in [2.24, 2.45) is 5.92 Å². The van der Waals surface area contributed by atoms with E-state index in [4.69, 9.17) is 0 Å². The molecule has 0 radical (unpaired) electrons. The molecule has 1 atom stereocenters. The summed E-state index contributed by atoms with van der Waals surface area (Å²) in [6.45, 7) is 11.0. The Bertz CT molecular complexity index is 582. The van der Waals surface area contributed by atoms with Crippen LogP contribution in [0.25, 0.3) is 0 Å². The summed E-state index contributed by atoms with van der Waals surface area (Å²) >= 11 is 1.58. The first-order chi connectivity index (χ1) is 10.7. The number of carbonyl (C=O) groups is 2. The van der Waals surface area contributed by atoms with E-state index in [0.717, 1.165) is 16.3 Å². The molecule has 23 heavy (non-hydrogen) atoms. The Morgan fingerprint density at radius 1 is 1.43 bits per heavy atom. The van der Waals surface area contributed by atoms with Gasteiger partial charge in [-0.2, -0.15) is 0 Å². The molecule has 2 heterocycles. The minimum Gasteiger partial charge on any atom is -0.340 e. The van der Waals surface area contributed by atoms with Crippen LogP contribution in [0.3, 0.4) is 0 Å². The van der Waals surface area contributed by atoms with Crippen molar-refractivity contribution in [1.29, 1.82) is 0 Å².